The smallest absolute Gasteiger partial charge is 0.472 e. The Kier molecular flexibility index (Phi) is 43.5. The average molecular weight is 888 g/mol. The molecule has 0 aliphatic rings. The first kappa shape index (κ1) is 59.2. The van der Waals surface area contributed by atoms with Crippen LogP contribution in [0.2, 0.25) is 0 Å². The largest absolute Gasteiger partial charge is 0.480 e. The fraction of sp³-hybridized carbons (Fsp3) is 0.898. The Morgan fingerprint density at radius 1 is 0.492 bits per heavy atom. The lowest BCUT2D eigenvalue weighted by atomic mass is 10.0. The van der Waals surface area contributed by atoms with E-state index >= 15 is 0 Å². The highest BCUT2D eigenvalue weighted by Gasteiger charge is 2.28. The molecule has 1 unspecified atom stereocenters. The molecule has 360 valence electrons. The van der Waals surface area contributed by atoms with Gasteiger partial charge in [0.15, 0.2) is 6.10 Å². The number of nitrogens with two attached hydrogens (primary N) is 1. The number of carboxylic acid groups (broad SMARTS) is 1. The normalized spacial score (nSPS) is 13.6. The first-order chi connectivity index (χ1) is 29.6. The number of carboxylic acids is 1. The van der Waals surface area contributed by atoms with Crippen LogP contribution in [0.1, 0.15) is 251 Å². The fourth-order valence-electron chi connectivity index (χ4n) is 7.31. The third-order valence-electron chi connectivity index (χ3n) is 11.3. The van der Waals surface area contributed by atoms with Gasteiger partial charge in [0.1, 0.15) is 12.6 Å². The van der Waals surface area contributed by atoms with Crippen molar-refractivity contribution in [3.8, 4) is 0 Å². The first-order valence-electron chi connectivity index (χ1n) is 25.2. The molecular formula is C49H94NO10P. The molecule has 0 saturated heterocycles. The minimum atomic E-state index is -4.72. The van der Waals surface area contributed by atoms with Crippen molar-refractivity contribution in [2.24, 2.45) is 5.73 Å². The molecule has 0 rings (SSSR count). The Morgan fingerprint density at radius 3 is 1.25 bits per heavy atom. The maximum atomic E-state index is 12.7. The van der Waals surface area contributed by atoms with E-state index in [0.717, 1.165) is 32.1 Å². The molecule has 0 aromatic rings. The molecule has 0 spiro atoms. The van der Waals surface area contributed by atoms with E-state index < -0.39 is 51.1 Å². The molecule has 11 nitrogen and oxygen atoms in total. The lowest BCUT2D eigenvalue weighted by Gasteiger charge is -2.20. The highest BCUT2D eigenvalue weighted by Crippen LogP contribution is 2.43. The summed E-state index contributed by atoms with van der Waals surface area (Å²) in [5, 5.41) is 8.91. The summed E-state index contributed by atoms with van der Waals surface area (Å²) < 4.78 is 32.8. The number of carbonyl (C=O) groups is 3. The van der Waals surface area contributed by atoms with Gasteiger partial charge in [0, 0.05) is 12.8 Å². The van der Waals surface area contributed by atoms with Crippen LogP contribution >= 0.6 is 7.82 Å². The van der Waals surface area contributed by atoms with Crippen LogP contribution in [0.15, 0.2) is 12.2 Å². The van der Waals surface area contributed by atoms with Crippen molar-refractivity contribution >= 4 is 25.7 Å². The summed E-state index contributed by atoms with van der Waals surface area (Å²) in [6.07, 6.45) is 47.2. The second-order valence-electron chi connectivity index (χ2n) is 17.3. The zero-order chi connectivity index (χ0) is 44.9. The van der Waals surface area contributed by atoms with Crippen LogP contribution < -0.4 is 5.73 Å². The number of hydrogen-bond acceptors (Lipinski definition) is 9. The van der Waals surface area contributed by atoms with Crippen LogP contribution in [0.25, 0.3) is 0 Å². The van der Waals surface area contributed by atoms with E-state index in [1.807, 2.05) is 0 Å². The second-order valence-corrected chi connectivity index (χ2v) is 18.8. The van der Waals surface area contributed by atoms with Crippen LogP contribution in [0, 0.1) is 0 Å². The molecule has 3 atom stereocenters. The molecule has 0 aliphatic carbocycles. The van der Waals surface area contributed by atoms with Crippen molar-refractivity contribution < 1.29 is 47.5 Å². The second kappa shape index (κ2) is 44.8. The molecule has 0 radical (unpaired) electrons. The summed E-state index contributed by atoms with van der Waals surface area (Å²) in [6, 6.07) is -1.52. The van der Waals surface area contributed by atoms with E-state index in [1.165, 1.54) is 173 Å². The fourth-order valence-corrected chi connectivity index (χ4v) is 8.09. The van der Waals surface area contributed by atoms with Gasteiger partial charge in [-0.25, -0.2) is 4.57 Å². The minimum absolute atomic E-state index is 0.119. The molecule has 61 heavy (non-hydrogen) atoms. The summed E-state index contributed by atoms with van der Waals surface area (Å²) in [5.74, 6) is -2.40. The minimum Gasteiger partial charge on any atom is -0.480 e. The van der Waals surface area contributed by atoms with Crippen molar-refractivity contribution in [2.45, 2.75) is 264 Å². The lowest BCUT2D eigenvalue weighted by molar-refractivity contribution is -0.161. The lowest BCUT2D eigenvalue weighted by Crippen LogP contribution is -2.34. The van der Waals surface area contributed by atoms with Crippen molar-refractivity contribution in [2.75, 3.05) is 19.8 Å². The number of esters is 2. The van der Waals surface area contributed by atoms with Gasteiger partial charge in [0.2, 0.25) is 0 Å². The van der Waals surface area contributed by atoms with Crippen molar-refractivity contribution in [1.29, 1.82) is 0 Å². The Balaban J connectivity index is 4.22. The number of aliphatic carboxylic acids is 1. The topological polar surface area (TPSA) is 172 Å². The summed E-state index contributed by atoms with van der Waals surface area (Å²) in [6.45, 7) is 2.82. The van der Waals surface area contributed by atoms with Gasteiger partial charge in [-0.05, 0) is 32.1 Å². The number of phosphoric ester groups is 1. The Labute approximate surface area is 373 Å². The molecule has 0 aliphatic heterocycles. The van der Waals surface area contributed by atoms with Crippen LogP contribution in [-0.2, 0) is 37.5 Å². The quantitative estimate of drug-likeness (QED) is 0.0230. The third kappa shape index (κ3) is 44.6. The van der Waals surface area contributed by atoms with Gasteiger partial charge in [0.05, 0.1) is 13.2 Å². The molecular weight excluding hydrogens is 794 g/mol. The van der Waals surface area contributed by atoms with E-state index in [-0.39, 0.29) is 19.4 Å². The number of ether oxygens (including phenoxy) is 2. The number of allylic oxidation sites excluding steroid dienone is 2. The number of hydrogen-bond donors (Lipinski definition) is 3. The molecule has 0 fully saturated rings. The van der Waals surface area contributed by atoms with Crippen LogP contribution in [0.4, 0.5) is 0 Å². The Bertz CT molecular complexity index is 1090. The zero-order valence-electron chi connectivity index (χ0n) is 39.3. The molecule has 4 N–H and O–H groups in total. The number of unbranched alkanes of at least 4 members (excludes halogenated alkanes) is 32. The van der Waals surface area contributed by atoms with Crippen molar-refractivity contribution in [3.63, 3.8) is 0 Å². The van der Waals surface area contributed by atoms with Crippen LogP contribution in [0.3, 0.4) is 0 Å². The van der Waals surface area contributed by atoms with E-state index in [9.17, 15) is 23.8 Å². The van der Waals surface area contributed by atoms with E-state index in [1.54, 1.807) is 0 Å². The van der Waals surface area contributed by atoms with Gasteiger partial charge >= 0.3 is 25.7 Å². The zero-order valence-corrected chi connectivity index (χ0v) is 40.2. The number of carbonyl (C=O) groups excluding carboxylic acids is 2. The molecule has 0 bridgehead atoms. The summed E-state index contributed by atoms with van der Waals surface area (Å²) >= 11 is 0. The van der Waals surface area contributed by atoms with Gasteiger partial charge in [-0.15, -0.1) is 0 Å². The average Bonchev–Trinajstić information content (AvgIpc) is 3.24. The van der Waals surface area contributed by atoms with Crippen molar-refractivity contribution in [3.05, 3.63) is 12.2 Å². The van der Waals surface area contributed by atoms with Crippen LogP contribution in [0.5, 0.6) is 0 Å². The van der Waals surface area contributed by atoms with Gasteiger partial charge in [0.25, 0.3) is 0 Å². The van der Waals surface area contributed by atoms with Gasteiger partial charge in [-0.3, -0.25) is 23.4 Å². The van der Waals surface area contributed by atoms with E-state index in [2.05, 4.69) is 30.5 Å². The van der Waals surface area contributed by atoms with Gasteiger partial charge < -0.3 is 25.2 Å². The molecule has 0 heterocycles. The summed E-state index contributed by atoms with van der Waals surface area (Å²) in [4.78, 5) is 46.1. The van der Waals surface area contributed by atoms with E-state index in [0.29, 0.717) is 19.3 Å². The summed E-state index contributed by atoms with van der Waals surface area (Å²) in [7, 11) is -4.72. The predicted molar refractivity (Wildman–Crippen MR) is 249 cm³/mol. The van der Waals surface area contributed by atoms with E-state index in [4.69, 9.17) is 24.8 Å². The molecule has 0 aromatic carbocycles. The van der Waals surface area contributed by atoms with Crippen LogP contribution in [-0.4, -0.2) is 59.9 Å². The predicted octanol–water partition coefficient (Wildman–Crippen LogP) is 14.0. The molecule has 0 amide bonds. The monoisotopic (exact) mass is 888 g/mol. The highest BCUT2D eigenvalue weighted by molar-refractivity contribution is 7.47. The standard InChI is InChI=1S/C49H94NO10P/c1-3-5-7-9-11-13-15-17-19-20-21-22-23-24-25-26-27-29-31-33-35-37-39-41-48(52)60-45(43-58-61(55,56)59-44-46(50)49(53)54)42-57-47(51)40-38-36-34-32-30-28-18-16-14-12-10-8-6-4-2/h33,35,45-46H,3-32,34,36-44,50H2,1-2H3,(H,53,54)(H,55,56)/b35-33+/t45-,46-/m0/s1. The molecule has 0 aromatic heterocycles. The molecule has 12 heteroatoms. The summed E-state index contributed by atoms with van der Waals surface area (Å²) in [5.41, 5.74) is 5.34. The van der Waals surface area contributed by atoms with Crippen molar-refractivity contribution in [1.82, 2.24) is 0 Å². The van der Waals surface area contributed by atoms with Gasteiger partial charge in [-0.1, -0.05) is 219 Å². The SMILES string of the molecule is CCCCCCCCCCCCCCCCCCCC/C=C/CCCC(=O)O[C@@H](COC(=O)CCCCCCCCCCCCCCCC)COP(=O)(O)OC[C@H](N)C(=O)O. The molecule has 0 saturated carbocycles. The Morgan fingerprint density at radius 2 is 0.836 bits per heavy atom. The van der Waals surface area contributed by atoms with Gasteiger partial charge in [-0.2, -0.15) is 0 Å². The first-order valence-corrected chi connectivity index (χ1v) is 26.7. The third-order valence-corrected chi connectivity index (χ3v) is 12.2. The Hall–Kier alpha value is -1.78. The maximum absolute atomic E-state index is 12.7. The maximum Gasteiger partial charge on any atom is 0.472 e. The highest BCUT2D eigenvalue weighted by atomic mass is 31.2. The number of rotatable bonds is 48. The number of phosphoric acid groups is 1.